The topological polar surface area (TPSA) is 67.2 Å². The minimum atomic E-state index is -0.883. The molecule has 2 N–H and O–H groups in total. The summed E-state index contributed by atoms with van der Waals surface area (Å²) in [6.07, 6.45) is 0. The van der Waals surface area contributed by atoms with Crippen LogP contribution in [-0.2, 0) is 20.1 Å². The largest absolute Gasteiger partial charge is 0.478 e. The Hall–Kier alpha value is -2.14. The zero-order valence-corrected chi connectivity index (χ0v) is 12.0. The predicted octanol–water partition coefficient (Wildman–Crippen LogP) is 2.02. The van der Waals surface area contributed by atoms with E-state index in [0.717, 1.165) is 22.5 Å². The summed E-state index contributed by atoms with van der Waals surface area (Å²) in [7, 11) is 1.92. The van der Waals surface area contributed by atoms with Gasteiger partial charge in [-0.3, -0.25) is 4.68 Å². The van der Waals surface area contributed by atoms with Gasteiger partial charge in [-0.15, -0.1) is 0 Å². The van der Waals surface area contributed by atoms with Crippen molar-refractivity contribution in [2.75, 3.05) is 0 Å². The smallest absolute Gasteiger partial charge is 0.335 e. The summed E-state index contributed by atoms with van der Waals surface area (Å²) in [5.74, 6) is -0.883. The molecule has 1 aromatic heterocycles. The molecule has 0 aliphatic rings. The molecule has 5 heteroatoms. The molecule has 1 heterocycles. The highest BCUT2D eigenvalue weighted by Crippen LogP contribution is 2.11. The van der Waals surface area contributed by atoms with Crippen molar-refractivity contribution in [1.29, 1.82) is 0 Å². The second-order valence-electron chi connectivity index (χ2n) is 4.96. The summed E-state index contributed by atoms with van der Waals surface area (Å²) < 4.78 is 1.85. The molecule has 0 saturated carbocycles. The molecule has 0 fully saturated rings. The van der Waals surface area contributed by atoms with E-state index in [2.05, 4.69) is 10.4 Å². The summed E-state index contributed by atoms with van der Waals surface area (Å²) in [5, 5.41) is 16.7. The van der Waals surface area contributed by atoms with E-state index < -0.39 is 5.97 Å². The van der Waals surface area contributed by atoms with Crippen molar-refractivity contribution in [2.45, 2.75) is 26.9 Å². The molecule has 0 spiro atoms. The van der Waals surface area contributed by atoms with E-state index in [-0.39, 0.29) is 0 Å². The monoisotopic (exact) mass is 273 g/mol. The maximum Gasteiger partial charge on any atom is 0.335 e. The first-order valence-corrected chi connectivity index (χ1v) is 6.50. The molecular formula is C15H19N3O2. The molecule has 5 nitrogen and oxygen atoms in total. The predicted molar refractivity (Wildman–Crippen MR) is 76.6 cm³/mol. The first kappa shape index (κ1) is 14.3. The number of carbonyl (C=O) groups is 1. The second kappa shape index (κ2) is 5.88. The van der Waals surface area contributed by atoms with Gasteiger partial charge in [-0.1, -0.05) is 12.1 Å². The molecule has 2 rings (SSSR count). The van der Waals surface area contributed by atoms with Gasteiger partial charge in [-0.2, -0.15) is 5.10 Å². The molecule has 0 unspecified atom stereocenters. The molecule has 106 valence electrons. The van der Waals surface area contributed by atoms with Gasteiger partial charge in [0.1, 0.15) is 0 Å². The van der Waals surface area contributed by atoms with E-state index in [1.54, 1.807) is 6.07 Å². The first-order chi connectivity index (χ1) is 9.47. The molecule has 2 aromatic rings. The van der Waals surface area contributed by atoms with Crippen LogP contribution in [0.15, 0.2) is 24.3 Å². The van der Waals surface area contributed by atoms with Gasteiger partial charge in [0.15, 0.2) is 0 Å². The van der Waals surface area contributed by atoms with Gasteiger partial charge < -0.3 is 10.4 Å². The van der Waals surface area contributed by atoms with Gasteiger partial charge in [0, 0.05) is 25.8 Å². The summed E-state index contributed by atoms with van der Waals surface area (Å²) in [5.41, 5.74) is 4.34. The van der Waals surface area contributed by atoms with Gasteiger partial charge in [0.25, 0.3) is 0 Å². The number of benzene rings is 1. The van der Waals surface area contributed by atoms with E-state index in [1.807, 2.05) is 43.8 Å². The average Bonchev–Trinajstić information content (AvgIpc) is 2.68. The molecule has 1 aromatic carbocycles. The molecule has 0 atom stereocenters. The fourth-order valence-corrected chi connectivity index (χ4v) is 2.13. The summed E-state index contributed by atoms with van der Waals surface area (Å²) in [6.45, 7) is 5.22. The van der Waals surface area contributed by atoms with Crippen LogP contribution in [0.25, 0.3) is 0 Å². The standard InChI is InChI=1S/C15H19N3O2/c1-10-6-12(4-5-14(10)15(19)20)8-16-9-13-7-11(2)18(3)17-13/h4-7,16H,8-9H2,1-3H3,(H,19,20). The van der Waals surface area contributed by atoms with Crippen molar-refractivity contribution < 1.29 is 9.90 Å². The van der Waals surface area contributed by atoms with Crippen LogP contribution < -0.4 is 5.32 Å². The molecule has 0 amide bonds. The van der Waals surface area contributed by atoms with Crippen LogP contribution in [0.1, 0.15) is 32.9 Å². The number of aromatic carboxylic acids is 1. The third kappa shape index (κ3) is 3.24. The Morgan fingerprint density at radius 3 is 2.60 bits per heavy atom. The average molecular weight is 273 g/mol. The Bertz CT molecular complexity index is 613. The molecular weight excluding hydrogens is 254 g/mol. The summed E-state index contributed by atoms with van der Waals surface area (Å²) in [6, 6.07) is 7.44. The van der Waals surface area contributed by atoms with Crippen LogP contribution in [-0.4, -0.2) is 20.9 Å². The van der Waals surface area contributed by atoms with Crippen LogP contribution in [0.3, 0.4) is 0 Å². The normalized spacial score (nSPS) is 10.8. The number of carboxylic acid groups (broad SMARTS) is 1. The van der Waals surface area contributed by atoms with E-state index in [0.29, 0.717) is 18.7 Å². The molecule has 20 heavy (non-hydrogen) atoms. The number of nitrogens with zero attached hydrogens (tertiary/aromatic N) is 2. The van der Waals surface area contributed by atoms with Gasteiger partial charge in [0.2, 0.25) is 0 Å². The zero-order chi connectivity index (χ0) is 14.7. The number of hydrogen-bond acceptors (Lipinski definition) is 3. The van der Waals surface area contributed by atoms with Crippen molar-refractivity contribution in [3.8, 4) is 0 Å². The second-order valence-corrected chi connectivity index (χ2v) is 4.96. The SMILES string of the molecule is Cc1cc(CNCc2cc(C)n(C)n2)ccc1C(=O)O. The van der Waals surface area contributed by atoms with Gasteiger partial charge in [-0.05, 0) is 37.1 Å². The van der Waals surface area contributed by atoms with E-state index in [4.69, 9.17) is 5.11 Å². The summed E-state index contributed by atoms with van der Waals surface area (Å²) >= 11 is 0. The van der Waals surface area contributed by atoms with Crippen LogP contribution in [0.5, 0.6) is 0 Å². The van der Waals surface area contributed by atoms with Gasteiger partial charge in [0.05, 0.1) is 11.3 Å². The molecule has 0 saturated heterocycles. The highest BCUT2D eigenvalue weighted by molar-refractivity contribution is 5.89. The molecule has 0 bridgehead atoms. The molecule has 0 aliphatic carbocycles. The van der Waals surface area contributed by atoms with Crippen molar-refractivity contribution in [3.05, 3.63) is 52.3 Å². The third-order valence-electron chi connectivity index (χ3n) is 3.32. The molecule has 0 aliphatic heterocycles. The third-order valence-corrected chi connectivity index (χ3v) is 3.32. The fourth-order valence-electron chi connectivity index (χ4n) is 2.13. The van der Waals surface area contributed by atoms with Crippen molar-refractivity contribution in [3.63, 3.8) is 0 Å². The Balaban J connectivity index is 1.94. The van der Waals surface area contributed by atoms with Crippen molar-refractivity contribution in [2.24, 2.45) is 7.05 Å². The van der Waals surface area contributed by atoms with Crippen molar-refractivity contribution >= 4 is 5.97 Å². The lowest BCUT2D eigenvalue weighted by Crippen LogP contribution is -2.13. The first-order valence-electron chi connectivity index (χ1n) is 6.50. The number of aryl methyl sites for hydroxylation is 3. The Morgan fingerprint density at radius 2 is 2.05 bits per heavy atom. The van der Waals surface area contributed by atoms with E-state index >= 15 is 0 Å². The summed E-state index contributed by atoms with van der Waals surface area (Å²) in [4.78, 5) is 10.9. The van der Waals surface area contributed by atoms with Gasteiger partial charge in [-0.25, -0.2) is 4.79 Å². The quantitative estimate of drug-likeness (QED) is 0.874. The van der Waals surface area contributed by atoms with Crippen LogP contribution in [0.2, 0.25) is 0 Å². The van der Waals surface area contributed by atoms with Crippen LogP contribution >= 0.6 is 0 Å². The Morgan fingerprint density at radius 1 is 1.30 bits per heavy atom. The number of rotatable bonds is 5. The fraction of sp³-hybridized carbons (Fsp3) is 0.333. The van der Waals surface area contributed by atoms with Crippen LogP contribution in [0.4, 0.5) is 0 Å². The van der Waals surface area contributed by atoms with E-state index in [9.17, 15) is 4.79 Å². The highest BCUT2D eigenvalue weighted by atomic mass is 16.4. The maximum atomic E-state index is 10.9. The number of hydrogen-bond donors (Lipinski definition) is 2. The Labute approximate surface area is 118 Å². The van der Waals surface area contributed by atoms with Gasteiger partial charge >= 0.3 is 5.97 Å². The number of nitrogens with one attached hydrogen (secondary N) is 1. The van der Waals surface area contributed by atoms with E-state index in [1.165, 1.54) is 0 Å². The lowest BCUT2D eigenvalue weighted by atomic mass is 10.1. The number of carboxylic acids is 1. The van der Waals surface area contributed by atoms with Crippen LogP contribution in [0, 0.1) is 13.8 Å². The van der Waals surface area contributed by atoms with Crippen molar-refractivity contribution in [1.82, 2.24) is 15.1 Å². The lowest BCUT2D eigenvalue weighted by Gasteiger charge is -2.06. The zero-order valence-electron chi connectivity index (χ0n) is 12.0. The minimum absolute atomic E-state index is 0.356. The minimum Gasteiger partial charge on any atom is -0.478 e. The lowest BCUT2D eigenvalue weighted by molar-refractivity contribution is 0.0696. The maximum absolute atomic E-state index is 10.9. The Kier molecular flexibility index (Phi) is 4.20. The number of aromatic nitrogens is 2. The highest BCUT2D eigenvalue weighted by Gasteiger charge is 2.07. The molecule has 0 radical (unpaired) electrons.